The van der Waals surface area contributed by atoms with Gasteiger partial charge < -0.3 is 15.2 Å². The van der Waals surface area contributed by atoms with Crippen molar-refractivity contribution in [2.75, 3.05) is 13.7 Å². The van der Waals surface area contributed by atoms with Gasteiger partial charge in [0.2, 0.25) is 0 Å². The molecule has 0 aromatic carbocycles. The Morgan fingerprint density at radius 2 is 2.00 bits per heavy atom. The number of halogens is 1. The van der Waals surface area contributed by atoms with E-state index < -0.39 is 12.0 Å². The lowest BCUT2D eigenvalue weighted by Crippen LogP contribution is -2.36. The Balaban J connectivity index is 0. The summed E-state index contributed by atoms with van der Waals surface area (Å²) in [5, 5.41) is 0. The fraction of sp³-hybridized carbons (Fsp3) is 0.857. The molecule has 2 N–H and O–H groups in total. The minimum atomic E-state index is -0.664. The van der Waals surface area contributed by atoms with Crippen LogP contribution in [0.2, 0.25) is 0 Å². The quantitative estimate of drug-likeness (QED) is 0.660. The van der Waals surface area contributed by atoms with Crippen molar-refractivity contribution >= 4 is 18.4 Å². The van der Waals surface area contributed by atoms with Gasteiger partial charge in [-0.1, -0.05) is 0 Å². The molecule has 0 fully saturated rings. The maximum atomic E-state index is 10.7. The highest BCUT2D eigenvalue weighted by molar-refractivity contribution is 5.85. The molecule has 0 aliphatic carbocycles. The van der Waals surface area contributed by atoms with Crippen molar-refractivity contribution in [3.05, 3.63) is 0 Å². The summed E-state index contributed by atoms with van der Waals surface area (Å²) in [5.74, 6) is -0.439. The molecular weight excluding hydrogens is 182 g/mol. The molecule has 0 bridgehead atoms. The molecule has 0 spiro atoms. The minimum absolute atomic E-state index is 0. The Morgan fingerprint density at radius 1 is 1.50 bits per heavy atom. The molecule has 0 aliphatic heterocycles. The van der Waals surface area contributed by atoms with Gasteiger partial charge in [-0.3, -0.25) is 4.79 Å². The molecule has 0 saturated heterocycles. The highest BCUT2D eigenvalue weighted by Gasteiger charge is 2.13. The molecule has 4 nitrogen and oxygen atoms in total. The first-order valence-corrected chi connectivity index (χ1v) is 3.53. The van der Waals surface area contributed by atoms with Gasteiger partial charge in [0.05, 0.1) is 19.8 Å². The van der Waals surface area contributed by atoms with Crippen molar-refractivity contribution < 1.29 is 14.3 Å². The summed E-state index contributed by atoms with van der Waals surface area (Å²) in [5.41, 5.74) is 5.38. The number of ether oxygens (including phenoxy) is 2. The Labute approximate surface area is 78.8 Å². The number of rotatable bonds is 4. The van der Waals surface area contributed by atoms with Crippen LogP contribution in [0.3, 0.4) is 0 Å². The number of nitrogens with two attached hydrogens (primary N) is 1. The monoisotopic (exact) mass is 197 g/mol. The Bertz CT molecular complexity index is 130. The standard InChI is InChI=1S/C7H15NO3.ClH/c1-5(2)11-4-6(8)7(9)10-3;/h5-6H,4,8H2,1-3H3;1H. The predicted molar refractivity (Wildman–Crippen MR) is 48.3 cm³/mol. The summed E-state index contributed by atoms with van der Waals surface area (Å²) < 4.78 is 9.50. The molecule has 0 heterocycles. The van der Waals surface area contributed by atoms with E-state index in [2.05, 4.69) is 4.74 Å². The van der Waals surface area contributed by atoms with E-state index in [1.54, 1.807) is 0 Å². The zero-order valence-electron chi connectivity index (χ0n) is 7.57. The highest BCUT2D eigenvalue weighted by Crippen LogP contribution is 1.91. The maximum absolute atomic E-state index is 10.7. The van der Waals surface area contributed by atoms with Gasteiger partial charge in [-0.05, 0) is 13.8 Å². The summed E-state index contributed by atoms with van der Waals surface area (Å²) in [6.07, 6.45) is 0.0886. The molecule has 74 valence electrons. The largest absolute Gasteiger partial charge is 0.468 e. The van der Waals surface area contributed by atoms with Crippen molar-refractivity contribution in [3.8, 4) is 0 Å². The van der Waals surface area contributed by atoms with Crippen molar-refractivity contribution in [2.24, 2.45) is 5.73 Å². The van der Waals surface area contributed by atoms with E-state index in [4.69, 9.17) is 10.5 Å². The molecule has 0 aromatic rings. The summed E-state index contributed by atoms with van der Waals surface area (Å²) in [7, 11) is 1.30. The first-order chi connectivity index (χ1) is 5.07. The van der Waals surface area contributed by atoms with Crippen LogP contribution in [-0.2, 0) is 14.3 Å². The van der Waals surface area contributed by atoms with Gasteiger partial charge in [-0.15, -0.1) is 12.4 Å². The second-order valence-corrected chi connectivity index (χ2v) is 2.51. The van der Waals surface area contributed by atoms with Crippen molar-refractivity contribution in [1.29, 1.82) is 0 Å². The second-order valence-electron chi connectivity index (χ2n) is 2.51. The lowest BCUT2D eigenvalue weighted by Gasteiger charge is -2.11. The second kappa shape index (κ2) is 7.34. The smallest absolute Gasteiger partial charge is 0.325 e. The van der Waals surface area contributed by atoms with Gasteiger partial charge in [-0.25, -0.2) is 0 Å². The fourth-order valence-electron chi connectivity index (χ4n) is 0.516. The molecular formula is C7H16ClNO3. The van der Waals surface area contributed by atoms with Crippen LogP contribution in [0, 0.1) is 0 Å². The van der Waals surface area contributed by atoms with Crippen LogP contribution in [0.4, 0.5) is 0 Å². The Morgan fingerprint density at radius 3 is 2.33 bits per heavy atom. The van der Waals surface area contributed by atoms with Gasteiger partial charge in [-0.2, -0.15) is 0 Å². The van der Waals surface area contributed by atoms with E-state index in [0.29, 0.717) is 0 Å². The van der Waals surface area contributed by atoms with Gasteiger partial charge in [0.25, 0.3) is 0 Å². The van der Waals surface area contributed by atoms with Crippen molar-refractivity contribution in [1.82, 2.24) is 0 Å². The van der Waals surface area contributed by atoms with E-state index in [1.165, 1.54) is 7.11 Å². The van der Waals surface area contributed by atoms with Crippen LogP contribution in [0.5, 0.6) is 0 Å². The van der Waals surface area contributed by atoms with Crippen LogP contribution in [0.15, 0.2) is 0 Å². The van der Waals surface area contributed by atoms with E-state index in [1.807, 2.05) is 13.8 Å². The van der Waals surface area contributed by atoms with Crippen LogP contribution < -0.4 is 5.73 Å². The van der Waals surface area contributed by atoms with E-state index in [-0.39, 0.29) is 25.1 Å². The normalized spacial score (nSPS) is 12.1. The molecule has 5 heteroatoms. The molecule has 0 saturated carbocycles. The van der Waals surface area contributed by atoms with E-state index >= 15 is 0 Å². The molecule has 0 amide bonds. The van der Waals surface area contributed by atoms with E-state index in [9.17, 15) is 4.79 Å². The van der Waals surface area contributed by atoms with Crippen LogP contribution in [0.1, 0.15) is 13.8 Å². The highest BCUT2D eigenvalue weighted by atomic mass is 35.5. The number of methoxy groups -OCH3 is 1. The zero-order valence-corrected chi connectivity index (χ0v) is 8.39. The molecule has 0 rings (SSSR count). The lowest BCUT2D eigenvalue weighted by molar-refractivity contribution is -0.144. The topological polar surface area (TPSA) is 61.5 Å². The molecule has 12 heavy (non-hydrogen) atoms. The third-order valence-electron chi connectivity index (χ3n) is 1.11. The number of esters is 1. The van der Waals surface area contributed by atoms with Gasteiger partial charge in [0.15, 0.2) is 0 Å². The van der Waals surface area contributed by atoms with Gasteiger partial charge >= 0.3 is 5.97 Å². The van der Waals surface area contributed by atoms with Gasteiger partial charge in [0, 0.05) is 0 Å². The third-order valence-corrected chi connectivity index (χ3v) is 1.11. The summed E-state index contributed by atoms with van der Waals surface area (Å²) in [6.45, 7) is 3.97. The van der Waals surface area contributed by atoms with Crippen LogP contribution >= 0.6 is 12.4 Å². The minimum Gasteiger partial charge on any atom is -0.468 e. The first kappa shape index (κ1) is 14.2. The summed E-state index contributed by atoms with van der Waals surface area (Å²) in [6, 6.07) is -0.664. The van der Waals surface area contributed by atoms with E-state index in [0.717, 1.165) is 0 Å². The number of carbonyl (C=O) groups is 1. The zero-order chi connectivity index (χ0) is 8.85. The predicted octanol–water partition coefficient (Wildman–Crippen LogP) is 0.333. The summed E-state index contributed by atoms with van der Waals surface area (Å²) in [4.78, 5) is 10.7. The lowest BCUT2D eigenvalue weighted by atomic mass is 10.3. The summed E-state index contributed by atoms with van der Waals surface area (Å²) >= 11 is 0. The molecule has 1 atom stereocenters. The first-order valence-electron chi connectivity index (χ1n) is 3.53. The molecule has 0 radical (unpaired) electrons. The molecule has 1 unspecified atom stereocenters. The third kappa shape index (κ3) is 6.39. The number of hydrogen-bond donors (Lipinski definition) is 1. The number of carbonyl (C=O) groups excluding carboxylic acids is 1. The van der Waals surface area contributed by atoms with Crippen molar-refractivity contribution in [3.63, 3.8) is 0 Å². The number of hydrogen-bond acceptors (Lipinski definition) is 4. The molecule has 0 aromatic heterocycles. The van der Waals surface area contributed by atoms with Crippen molar-refractivity contribution in [2.45, 2.75) is 26.0 Å². The fourth-order valence-corrected chi connectivity index (χ4v) is 0.516. The molecule has 0 aliphatic rings. The van der Waals surface area contributed by atoms with Crippen LogP contribution in [-0.4, -0.2) is 31.8 Å². The Kier molecular flexibility index (Phi) is 8.69. The maximum Gasteiger partial charge on any atom is 0.325 e. The average Bonchev–Trinajstić information content (AvgIpc) is 1.98. The average molecular weight is 198 g/mol. The Hall–Kier alpha value is -0.320. The van der Waals surface area contributed by atoms with Crippen LogP contribution in [0.25, 0.3) is 0 Å². The SMILES string of the molecule is COC(=O)C(N)COC(C)C.Cl. The van der Waals surface area contributed by atoms with Gasteiger partial charge in [0.1, 0.15) is 6.04 Å².